The maximum atomic E-state index is 10.9. The zero-order valence-electron chi connectivity index (χ0n) is 8.54. The Balaban J connectivity index is 0.00000225. The molecular formula is C8H13AsN2O5. The van der Waals surface area contributed by atoms with Gasteiger partial charge in [0.1, 0.15) is 0 Å². The van der Waals surface area contributed by atoms with Crippen molar-refractivity contribution < 1.29 is 21.8 Å². The summed E-state index contributed by atoms with van der Waals surface area (Å²) in [7, 11) is 0. The molecule has 1 aromatic rings. The number of carbonyl (C=O) groups excluding carboxylic acids is 1. The number of aromatic hydroxyl groups is 1. The predicted molar refractivity (Wildman–Crippen MR) is 57.9 cm³/mol. The molecule has 0 fully saturated rings. The second kappa shape index (κ2) is 5.18. The molecule has 0 aliphatic heterocycles. The summed E-state index contributed by atoms with van der Waals surface area (Å²) in [6.07, 6.45) is 0. The Bertz CT molecular complexity index is 442. The smallest absolute Gasteiger partial charge is 0.344 e. The fraction of sp³-hybridized carbons (Fsp3) is 0.125. The van der Waals surface area contributed by atoms with Gasteiger partial charge in [-0.25, -0.2) is 0 Å². The number of anilines is 1. The SMILES string of the molecule is CC(=O)Nc1cc([As](=O)(O)O)ccc1O.N. The standard InChI is InChI=1S/C8H10AsNO5.H3N/c1-5(11)10-7-4-6(9(13,14)15)2-3-8(7)12;/h2-4,12H,1H3,(H,10,11)(H2,13,14,15);1H3. The summed E-state index contributed by atoms with van der Waals surface area (Å²) in [6.45, 7) is 1.23. The van der Waals surface area contributed by atoms with Crippen molar-refractivity contribution in [1.82, 2.24) is 6.15 Å². The number of phenols is 1. The first-order valence-electron chi connectivity index (χ1n) is 3.97. The molecule has 0 radical (unpaired) electrons. The Labute approximate surface area is 94.7 Å². The molecule has 0 bridgehead atoms. The van der Waals surface area contributed by atoms with Crippen molar-refractivity contribution in [3.05, 3.63) is 18.2 Å². The maximum Gasteiger partial charge on any atom is -0.344 e. The van der Waals surface area contributed by atoms with E-state index in [4.69, 9.17) is 8.19 Å². The van der Waals surface area contributed by atoms with Gasteiger partial charge in [0.2, 0.25) is 0 Å². The fourth-order valence-corrected chi connectivity index (χ4v) is 2.18. The molecule has 0 spiro atoms. The zero-order valence-corrected chi connectivity index (χ0v) is 10.4. The molecule has 0 heterocycles. The number of benzene rings is 1. The van der Waals surface area contributed by atoms with Gasteiger partial charge in [-0.1, -0.05) is 0 Å². The first kappa shape index (κ1) is 14.7. The quantitative estimate of drug-likeness (QED) is 0.352. The van der Waals surface area contributed by atoms with Crippen LogP contribution in [0.4, 0.5) is 5.69 Å². The first-order chi connectivity index (χ1) is 6.80. The minimum atomic E-state index is -4.98. The van der Waals surface area contributed by atoms with Crippen molar-refractivity contribution in [1.29, 1.82) is 0 Å². The topological polar surface area (TPSA) is 142 Å². The van der Waals surface area contributed by atoms with Gasteiger partial charge < -0.3 is 6.15 Å². The van der Waals surface area contributed by atoms with Crippen LogP contribution >= 0.6 is 0 Å². The van der Waals surface area contributed by atoms with E-state index in [9.17, 15) is 13.6 Å². The molecule has 90 valence electrons. The Morgan fingerprint density at radius 2 is 1.94 bits per heavy atom. The van der Waals surface area contributed by atoms with E-state index < -0.39 is 20.1 Å². The maximum absolute atomic E-state index is 10.9. The van der Waals surface area contributed by atoms with Crippen molar-refractivity contribution in [2.24, 2.45) is 0 Å². The van der Waals surface area contributed by atoms with Crippen LogP contribution in [-0.4, -0.2) is 33.4 Å². The van der Waals surface area contributed by atoms with Gasteiger partial charge in [0, 0.05) is 0 Å². The van der Waals surface area contributed by atoms with Crippen molar-refractivity contribution in [3.63, 3.8) is 0 Å². The fourth-order valence-electron chi connectivity index (χ4n) is 0.995. The average Bonchev–Trinajstić information content (AvgIpc) is 2.06. The summed E-state index contributed by atoms with van der Waals surface area (Å²) >= 11 is -4.98. The van der Waals surface area contributed by atoms with E-state index in [0.717, 1.165) is 18.2 Å². The van der Waals surface area contributed by atoms with Crippen molar-refractivity contribution >= 4 is 30.1 Å². The molecule has 8 heteroatoms. The van der Waals surface area contributed by atoms with E-state index in [2.05, 4.69) is 5.32 Å². The number of nitrogens with one attached hydrogen (secondary N) is 1. The van der Waals surface area contributed by atoms with Gasteiger partial charge in [-0.2, -0.15) is 0 Å². The second-order valence-corrected chi connectivity index (χ2v) is 6.29. The van der Waals surface area contributed by atoms with E-state index in [-0.39, 0.29) is 21.9 Å². The Kier molecular flexibility index (Phi) is 4.77. The van der Waals surface area contributed by atoms with Gasteiger partial charge >= 0.3 is 88.1 Å². The van der Waals surface area contributed by atoms with Crippen LogP contribution in [-0.2, 0) is 8.53 Å². The molecule has 7 nitrogen and oxygen atoms in total. The molecule has 0 atom stereocenters. The van der Waals surface area contributed by atoms with E-state index in [1.54, 1.807) is 0 Å². The molecule has 1 amide bonds. The van der Waals surface area contributed by atoms with E-state index >= 15 is 0 Å². The number of phenolic OH excluding ortho intramolecular Hbond substituents is 1. The summed E-state index contributed by atoms with van der Waals surface area (Å²) in [5, 5.41) is 11.6. The van der Waals surface area contributed by atoms with Crippen LogP contribution in [0, 0.1) is 0 Å². The van der Waals surface area contributed by atoms with E-state index in [1.807, 2.05) is 0 Å². The number of carbonyl (C=O) groups is 1. The van der Waals surface area contributed by atoms with E-state index in [1.165, 1.54) is 6.92 Å². The number of rotatable bonds is 2. The summed E-state index contributed by atoms with van der Waals surface area (Å²) in [5.74, 6) is -0.668. The summed E-state index contributed by atoms with van der Waals surface area (Å²) in [5.41, 5.74) is -0.00951. The molecule has 16 heavy (non-hydrogen) atoms. The van der Waals surface area contributed by atoms with Gasteiger partial charge in [-0.3, -0.25) is 0 Å². The molecule has 1 rings (SSSR count). The predicted octanol–water partition coefficient (Wildman–Crippen LogP) is -0.926. The third kappa shape index (κ3) is 3.71. The number of hydrogen-bond donors (Lipinski definition) is 5. The number of hydrogen-bond acceptors (Lipinski definition) is 4. The normalized spacial score (nSPS) is 10.4. The van der Waals surface area contributed by atoms with Gasteiger partial charge in [0.25, 0.3) is 0 Å². The Morgan fingerprint density at radius 3 is 2.38 bits per heavy atom. The average molecular weight is 292 g/mol. The monoisotopic (exact) mass is 292 g/mol. The van der Waals surface area contributed by atoms with Gasteiger partial charge in [0.15, 0.2) is 0 Å². The Morgan fingerprint density at radius 1 is 1.38 bits per heavy atom. The first-order valence-corrected chi connectivity index (χ1v) is 7.35. The van der Waals surface area contributed by atoms with Gasteiger partial charge in [-0.05, 0) is 0 Å². The van der Waals surface area contributed by atoms with Gasteiger partial charge in [0.05, 0.1) is 0 Å². The van der Waals surface area contributed by atoms with Crippen LogP contribution in [0.3, 0.4) is 0 Å². The molecule has 0 aromatic heterocycles. The van der Waals surface area contributed by atoms with Crippen LogP contribution in [0.1, 0.15) is 6.92 Å². The third-order valence-electron chi connectivity index (χ3n) is 1.63. The molecule has 7 N–H and O–H groups in total. The minimum Gasteiger partial charge on any atom is -0.344 e. The molecule has 0 unspecified atom stereocenters. The molecule has 0 aliphatic rings. The van der Waals surface area contributed by atoms with Gasteiger partial charge in [-0.15, -0.1) is 0 Å². The van der Waals surface area contributed by atoms with Crippen LogP contribution in [0.2, 0.25) is 0 Å². The zero-order chi connectivity index (χ0) is 11.6. The Hall–Kier alpha value is -1.27. The minimum absolute atomic E-state index is 0. The third-order valence-corrected chi connectivity index (χ3v) is 3.62. The number of amides is 1. The summed E-state index contributed by atoms with van der Waals surface area (Å²) < 4.78 is 28.6. The largest absolute Gasteiger partial charge is 0.344 e. The van der Waals surface area contributed by atoms with Crippen molar-refractivity contribution in [2.75, 3.05) is 5.32 Å². The molecule has 1 aromatic carbocycles. The second-order valence-electron chi connectivity index (χ2n) is 2.93. The molecule has 0 saturated carbocycles. The molecule has 0 aliphatic carbocycles. The summed E-state index contributed by atoms with van der Waals surface area (Å²) in [6, 6.07) is 3.32. The molecule has 0 saturated heterocycles. The van der Waals surface area contributed by atoms with Crippen LogP contribution < -0.4 is 15.8 Å². The van der Waals surface area contributed by atoms with Crippen molar-refractivity contribution in [3.8, 4) is 5.75 Å². The van der Waals surface area contributed by atoms with E-state index in [0.29, 0.717) is 0 Å². The van der Waals surface area contributed by atoms with Crippen LogP contribution in [0.5, 0.6) is 5.75 Å². The summed E-state index contributed by atoms with van der Waals surface area (Å²) in [4.78, 5) is 10.7. The van der Waals surface area contributed by atoms with Crippen molar-refractivity contribution in [2.45, 2.75) is 6.92 Å². The van der Waals surface area contributed by atoms with Crippen LogP contribution in [0.15, 0.2) is 18.2 Å². The molecular weight excluding hydrogens is 279 g/mol. The van der Waals surface area contributed by atoms with Crippen LogP contribution in [0.25, 0.3) is 0 Å².